The molecule has 1 saturated carbocycles. The zero-order valence-electron chi connectivity index (χ0n) is 13.6. The van der Waals surface area contributed by atoms with E-state index in [4.69, 9.17) is 0 Å². The summed E-state index contributed by atoms with van der Waals surface area (Å²) in [7, 11) is -3.11. The highest BCUT2D eigenvalue weighted by atomic mass is 32.2. The minimum absolute atomic E-state index is 0.0854. The van der Waals surface area contributed by atoms with Crippen LogP contribution in [0.1, 0.15) is 70.6 Å². The lowest BCUT2D eigenvalue weighted by atomic mass is 9.95. The predicted molar refractivity (Wildman–Crippen MR) is 88.1 cm³/mol. The standard InChI is InChI=1S/C16H30N2O3S/c19-16(17-15-9-3-1-4-10-15)11-5-8-14-22(20,21)18-12-6-2-7-13-18/h15H,1-14H2,(H,17,19). The minimum atomic E-state index is -3.11. The summed E-state index contributed by atoms with van der Waals surface area (Å²) in [5, 5.41) is 3.08. The first-order chi connectivity index (χ1) is 10.6. The third-order valence-electron chi connectivity index (χ3n) is 4.73. The first kappa shape index (κ1) is 17.7. The van der Waals surface area contributed by atoms with Gasteiger partial charge < -0.3 is 5.32 Å². The van der Waals surface area contributed by atoms with Gasteiger partial charge in [-0.05, 0) is 38.5 Å². The highest BCUT2D eigenvalue weighted by molar-refractivity contribution is 7.89. The second-order valence-corrected chi connectivity index (χ2v) is 8.72. The molecule has 1 aliphatic heterocycles. The van der Waals surface area contributed by atoms with E-state index in [1.807, 2.05) is 0 Å². The number of sulfonamides is 1. The Hall–Kier alpha value is -0.620. The number of unbranched alkanes of at least 4 members (excludes halogenated alkanes) is 1. The van der Waals surface area contributed by atoms with Crippen LogP contribution >= 0.6 is 0 Å². The molecule has 0 aromatic heterocycles. The maximum atomic E-state index is 12.2. The second-order valence-electron chi connectivity index (χ2n) is 6.64. The van der Waals surface area contributed by atoms with Gasteiger partial charge in [0.2, 0.25) is 15.9 Å². The maximum Gasteiger partial charge on any atom is 0.220 e. The number of hydrogen-bond acceptors (Lipinski definition) is 3. The topological polar surface area (TPSA) is 66.5 Å². The second kappa shape index (κ2) is 8.87. The summed E-state index contributed by atoms with van der Waals surface area (Å²) in [5.41, 5.74) is 0. The molecule has 0 spiro atoms. The van der Waals surface area contributed by atoms with Crippen molar-refractivity contribution in [2.45, 2.75) is 76.7 Å². The summed E-state index contributed by atoms with van der Waals surface area (Å²) in [4.78, 5) is 11.9. The fraction of sp³-hybridized carbons (Fsp3) is 0.938. The predicted octanol–water partition coefficient (Wildman–Crippen LogP) is 2.42. The van der Waals surface area contributed by atoms with Gasteiger partial charge in [-0.1, -0.05) is 25.7 Å². The molecule has 0 unspecified atom stereocenters. The SMILES string of the molecule is O=C(CCCCS(=O)(=O)N1CCCCC1)NC1CCCCC1. The number of rotatable bonds is 7. The summed E-state index contributed by atoms with van der Waals surface area (Å²) in [6, 6.07) is 0.346. The quantitative estimate of drug-likeness (QED) is 0.729. The number of carbonyl (C=O) groups is 1. The normalized spacial score (nSPS) is 21.6. The first-order valence-corrected chi connectivity index (χ1v) is 10.5. The Morgan fingerprint density at radius 2 is 1.59 bits per heavy atom. The molecule has 2 rings (SSSR count). The number of hydrogen-bond donors (Lipinski definition) is 1. The van der Waals surface area contributed by atoms with Crippen molar-refractivity contribution in [2.24, 2.45) is 0 Å². The first-order valence-electron chi connectivity index (χ1n) is 8.85. The molecule has 1 amide bonds. The molecule has 22 heavy (non-hydrogen) atoms. The van der Waals surface area contributed by atoms with E-state index < -0.39 is 10.0 Å². The van der Waals surface area contributed by atoms with Crippen molar-refractivity contribution in [3.8, 4) is 0 Å². The van der Waals surface area contributed by atoms with Crippen LogP contribution in [0.15, 0.2) is 0 Å². The van der Waals surface area contributed by atoms with Crippen LogP contribution in [0, 0.1) is 0 Å². The van der Waals surface area contributed by atoms with Gasteiger partial charge in [0.15, 0.2) is 0 Å². The summed E-state index contributed by atoms with van der Waals surface area (Å²) < 4.78 is 26.0. The van der Waals surface area contributed by atoms with Gasteiger partial charge in [0.05, 0.1) is 5.75 Å². The Morgan fingerprint density at radius 3 is 2.27 bits per heavy atom. The number of piperidine rings is 1. The molecule has 1 aliphatic carbocycles. The molecule has 128 valence electrons. The van der Waals surface area contributed by atoms with Gasteiger partial charge >= 0.3 is 0 Å². The Labute approximate surface area is 134 Å². The van der Waals surface area contributed by atoms with Crippen molar-refractivity contribution in [2.75, 3.05) is 18.8 Å². The lowest BCUT2D eigenvalue weighted by Gasteiger charge is -2.25. The lowest BCUT2D eigenvalue weighted by molar-refractivity contribution is -0.122. The fourth-order valence-corrected chi connectivity index (χ4v) is 5.03. The van der Waals surface area contributed by atoms with E-state index in [2.05, 4.69) is 5.32 Å². The molecule has 0 aromatic carbocycles. The van der Waals surface area contributed by atoms with Crippen molar-refractivity contribution in [1.29, 1.82) is 0 Å². The van der Waals surface area contributed by atoms with Gasteiger partial charge in [-0.2, -0.15) is 0 Å². The summed E-state index contributed by atoms with van der Waals surface area (Å²) in [6.07, 6.45) is 10.6. The van der Waals surface area contributed by atoms with E-state index in [9.17, 15) is 13.2 Å². The molecule has 5 nitrogen and oxygen atoms in total. The summed E-state index contributed by atoms with van der Waals surface area (Å²) >= 11 is 0. The molecule has 1 N–H and O–H groups in total. The maximum absolute atomic E-state index is 12.2. The number of amides is 1. The van der Waals surface area contributed by atoms with Crippen LogP contribution in [-0.4, -0.2) is 43.5 Å². The number of nitrogens with zero attached hydrogens (tertiary/aromatic N) is 1. The van der Waals surface area contributed by atoms with Crippen molar-refractivity contribution < 1.29 is 13.2 Å². The zero-order valence-corrected chi connectivity index (χ0v) is 14.4. The van der Waals surface area contributed by atoms with Crippen molar-refractivity contribution in [1.82, 2.24) is 9.62 Å². The molecule has 1 saturated heterocycles. The molecule has 0 radical (unpaired) electrons. The third-order valence-corrected chi connectivity index (χ3v) is 6.69. The largest absolute Gasteiger partial charge is 0.353 e. The van der Waals surface area contributed by atoms with E-state index in [0.29, 0.717) is 38.4 Å². The van der Waals surface area contributed by atoms with E-state index in [0.717, 1.165) is 32.1 Å². The van der Waals surface area contributed by atoms with Crippen LogP contribution in [0.2, 0.25) is 0 Å². The smallest absolute Gasteiger partial charge is 0.220 e. The van der Waals surface area contributed by atoms with Gasteiger partial charge in [-0.3, -0.25) is 4.79 Å². The van der Waals surface area contributed by atoms with Gasteiger partial charge in [-0.25, -0.2) is 12.7 Å². The third kappa shape index (κ3) is 5.88. The Bertz CT molecular complexity index is 438. The number of carbonyl (C=O) groups excluding carboxylic acids is 1. The van der Waals surface area contributed by atoms with Crippen LogP contribution in [-0.2, 0) is 14.8 Å². The summed E-state index contributed by atoms with van der Waals surface area (Å²) in [5.74, 6) is 0.270. The average Bonchev–Trinajstić information content (AvgIpc) is 2.53. The van der Waals surface area contributed by atoms with E-state index in [1.54, 1.807) is 4.31 Å². The van der Waals surface area contributed by atoms with E-state index in [-0.39, 0.29) is 11.7 Å². The molecular weight excluding hydrogens is 300 g/mol. The zero-order chi connectivity index (χ0) is 15.8. The molecule has 2 aliphatic rings. The van der Waals surface area contributed by atoms with Crippen molar-refractivity contribution in [3.63, 3.8) is 0 Å². The van der Waals surface area contributed by atoms with E-state index in [1.165, 1.54) is 19.3 Å². The Kier molecular flexibility index (Phi) is 7.15. The minimum Gasteiger partial charge on any atom is -0.353 e. The van der Waals surface area contributed by atoms with E-state index >= 15 is 0 Å². The van der Waals surface area contributed by atoms with Crippen LogP contribution in [0.5, 0.6) is 0 Å². The monoisotopic (exact) mass is 330 g/mol. The molecule has 6 heteroatoms. The van der Waals surface area contributed by atoms with Gasteiger partial charge in [0, 0.05) is 25.6 Å². The van der Waals surface area contributed by atoms with Crippen LogP contribution < -0.4 is 5.32 Å². The average molecular weight is 330 g/mol. The van der Waals surface area contributed by atoms with Crippen LogP contribution in [0.4, 0.5) is 0 Å². The number of nitrogens with one attached hydrogen (secondary N) is 1. The van der Waals surface area contributed by atoms with Gasteiger partial charge in [0.25, 0.3) is 0 Å². The molecule has 0 atom stereocenters. The molecular formula is C16H30N2O3S. The van der Waals surface area contributed by atoms with Gasteiger partial charge in [-0.15, -0.1) is 0 Å². The Balaban J connectivity index is 1.60. The summed E-state index contributed by atoms with van der Waals surface area (Å²) in [6.45, 7) is 1.34. The molecule has 1 heterocycles. The Morgan fingerprint density at radius 1 is 0.955 bits per heavy atom. The van der Waals surface area contributed by atoms with Gasteiger partial charge in [0.1, 0.15) is 0 Å². The molecule has 2 fully saturated rings. The molecule has 0 bridgehead atoms. The van der Waals surface area contributed by atoms with Crippen LogP contribution in [0.25, 0.3) is 0 Å². The van der Waals surface area contributed by atoms with Crippen molar-refractivity contribution in [3.05, 3.63) is 0 Å². The fourth-order valence-electron chi connectivity index (χ4n) is 3.39. The lowest BCUT2D eigenvalue weighted by Crippen LogP contribution is -2.37. The highest BCUT2D eigenvalue weighted by Crippen LogP contribution is 2.18. The van der Waals surface area contributed by atoms with Crippen molar-refractivity contribution >= 4 is 15.9 Å². The highest BCUT2D eigenvalue weighted by Gasteiger charge is 2.23. The molecule has 0 aromatic rings. The van der Waals surface area contributed by atoms with Crippen LogP contribution in [0.3, 0.4) is 0 Å².